The first-order valence-corrected chi connectivity index (χ1v) is 14.4. The summed E-state index contributed by atoms with van der Waals surface area (Å²) in [5.41, 5.74) is 1.80. The monoisotopic (exact) mass is 519 g/mol. The number of rotatable bonds is 9. The Hall–Kier alpha value is -2.40. The highest BCUT2D eigenvalue weighted by Crippen LogP contribution is 2.60. The van der Waals surface area contributed by atoms with Gasteiger partial charge < -0.3 is 21.3 Å². The van der Waals surface area contributed by atoms with Crippen LogP contribution in [0.4, 0.5) is 11.8 Å². The predicted molar refractivity (Wildman–Crippen MR) is 147 cm³/mol. The van der Waals surface area contributed by atoms with E-state index in [1.54, 1.807) is 6.20 Å². The lowest BCUT2D eigenvalue weighted by molar-refractivity contribution is -0.0701. The van der Waals surface area contributed by atoms with Crippen LogP contribution in [0.5, 0.6) is 0 Å². The van der Waals surface area contributed by atoms with E-state index in [9.17, 15) is 5.26 Å². The van der Waals surface area contributed by atoms with Crippen LogP contribution in [-0.4, -0.2) is 42.2 Å². The van der Waals surface area contributed by atoms with Crippen molar-refractivity contribution in [2.45, 2.75) is 57.5 Å². The molecule has 4 N–H and O–H groups in total. The summed E-state index contributed by atoms with van der Waals surface area (Å²) in [5, 5.41) is 24.8. The molecule has 196 valence electrons. The molecule has 4 bridgehead atoms. The zero-order valence-electron chi connectivity index (χ0n) is 21.5. The van der Waals surface area contributed by atoms with E-state index in [2.05, 4.69) is 37.3 Å². The molecular formula is C29H38ClN7. The summed E-state index contributed by atoms with van der Waals surface area (Å²) in [4.78, 5) is 9.04. The second-order valence-electron chi connectivity index (χ2n) is 12.0. The van der Waals surface area contributed by atoms with Crippen LogP contribution in [0.3, 0.4) is 0 Å². The van der Waals surface area contributed by atoms with Gasteiger partial charge in [0.2, 0.25) is 5.95 Å². The van der Waals surface area contributed by atoms with Gasteiger partial charge in [0.05, 0.1) is 6.20 Å². The smallest absolute Gasteiger partial charge is 0.224 e. The SMILES string of the molecule is N#Cc1cnc(NCc2ccccc2Cl)nc1NCC12CC3C[C@H](C1)[C@H](NCC1CCNCC1)[C@@H](C3)C2. The number of nitriles is 1. The van der Waals surface area contributed by atoms with Crippen LogP contribution in [0.1, 0.15) is 56.1 Å². The van der Waals surface area contributed by atoms with Crippen molar-refractivity contribution in [3.63, 3.8) is 0 Å². The van der Waals surface area contributed by atoms with Gasteiger partial charge in [0.15, 0.2) is 0 Å². The minimum absolute atomic E-state index is 0.312. The number of nitrogens with zero attached hydrogens (tertiary/aromatic N) is 3. The largest absolute Gasteiger partial charge is 0.368 e. The van der Waals surface area contributed by atoms with Gasteiger partial charge in [-0.3, -0.25) is 0 Å². The van der Waals surface area contributed by atoms with Crippen molar-refractivity contribution in [1.29, 1.82) is 5.26 Å². The number of aromatic nitrogens is 2. The van der Waals surface area contributed by atoms with Gasteiger partial charge >= 0.3 is 0 Å². The Morgan fingerprint density at radius 1 is 1.08 bits per heavy atom. The molecule has 0 spiro atoms. The fraction of sp³-hybridized carbons (Fsp3) is 0.621. The maximum absolute atomic E-state index is 9.70. The van der Waals surface area contributed by atoms with E-state index in [1.807, 2.05) is 24.3 Å². The van der Waals surface area contributed by atoms with Gasteiger partial charge in [0, 0.05) is 24.2 Å². The summed E-state index contributed by atoms with van der Waals surface area (Å²) < 4.78 is 0. The zero-order valence-corrected chi connectivity index (χ0v) is 22.2. The molecule has 5 fully saturated rings. The summed E-state index contributed by atoms with van der Waals surface area (Å²) in [7, 11) is 0. The summed E-state index contributed by atoms with van der Waals surface area (Å²) in [6.45, 7) is 4.95. The Balaban J connectivity index is 1.09. The molecule has 7 rings (SSSR count). The highest BCUT2D eigenvalue weighted by molar-refractivity contribution is 6.31. The maximum atomic E-state index is 9.70. The van der Waals surface area contributed by atoms with Gasteiger partial charge in [-0.2, -0.15) is 10.2 Å². The van der Waals surface area contributed by atoms with Gasteiger partial charge in [-0.1, -0.05) is 29.8 Å². The third kappa shape index (κ3) is 5.43. The first-order chi connectivity index (χ1) is 18.1. The number of anilines is 2. The lowest BCUT2D eigenvalue weighted by Crippen LogP contribution is -2.60. The minimum atomic E-state index is 0.312. The average molecular weight is 520 g/mol. The van der Waals surface area contributed by atoms with E-state index in [0.717, 1.165) is 35.8 Å². The van der Waals surface area contributed by atoms with Crippen molar-refractivity contribution in [3.8, 4) is 6.07 Å². The average Bonchev–Trinajstić information content (AvgIpc) is 2.91. The van der Waals surface area contributed by atoms with E-state index in [0.29, 0.717) is 40.4 Å². The molecule has 4 aliphatic carbocycles. The molecule has 5 atom stereocenters. The second-order valence-corrected chi connectivity index (χ2v) is 12.4. The molecule has 0 radical (unpaired) electrons. The van der Waals surface area contributed by atoms with Crippen LogP contribution in [-0.2, 0) is 6.54 Å². The number of piperidine rings is 1. The number of hydrogen-bond donors (Lipinski definition) is 4. The molecule has 37 heavy (non-hydrogen) atoms. The van der Waals surface area contributed by atoms with E-state index in [4.69, 9.17) is 11.6 Å². The van der Waals surface area contributed by atoms with Crippen molar-refractivity contribution < 1.29 is 0 Å². The lowest BCUT2D eigenvalue weighted by Gasteiger charge is -2.60. The van der Waals surface area contributed by atoms with E-state index < -0.39 is 0 Å². The fourth-order valence-electron chi connectivity index (χ4n) is 7.90. The maximum Gasteiger partial charge on any atom is 0.224 e. The Kier molecular flexibility index (Phi) is 7.25. The highest BCUT2D eigenvalue weighted by Gasteiger charge is 2.55. The van der Waals surface area contributed by atoms with E-state index in [1.165, 1.54) is 64.6 Å². The van der Waals surface area contributed by atoms with Crippen molar-refractivity contribution in [2.75, 3.05) is 36.8 Å². The van der Waals surface area contributed by atoms with Crippen LogP contribution in [0.15, 0.2) is 30.5 Å². The number of nitrogens with one attached hydrogen (secondary N) is 4. The first-order valence-electron chi connectivity index (χ1n) is 14.0. The Morgan fingerprint density at radius 2 is 1.86 bits per heavy atom. The molecule has 7 nitrogen and oxygen atoms in total. The van der Waals surface area contributed by atoms with Crippen molar-refractivity contribution in [2.24, 2.45) is 29.1 Å². The third-order valence-electron chi connectivity index (χ3n) is 9.44. The normalized spacial score (nSPS) is 30.7. The molecule has 2 unspecified atom stereocenters. The molecule has 2 heterocycles. The predicted octanol–water partition coefficient (Wildman–Crippen LogP) is 4.81. The van der Waals surface area contributed by atoms with Crippen LogP contribution in [0, 0.1) is 40.4 Å². The molecule has 8 heteroatoms. The quantitative estimate of drug-likeness (QED) is 0.377. The van der Waals surface area contributed by atoms with Crippen molar-refractivity contribution in [1.82, 2.24) is 20.6 Å². The van der Waals surface area contributed by atoms with Gasteiger partial charge in [-0.15, -0.1) is 0 Å². The second kappa shape index (κ2) is 10.8. The van der Waals surface area contributed by atoms with Gasteiger partial charge in [-0.05, 0) is 105 Å². The number of hydrogen-bond acceptors (Lipinski definition) is 7. The first kappa shape index (κ1) is 24.9. The molecule has 0 amide bonds. The minimum Gasteiger partial charge on any atom is -0.368 e. The molecule has 4 saturated carbocycles. The van der Waals surface area contributed by atoms with Crippen molar-refractivity contribution >= 4 is 23.4 Å². The summed E-state index contributed by atoms with van der Waals surface area (Å²) in [6, 6.07) is 10.7. The van der Waals surface area contributed by atoms with Crippen LogP contribution >= 0.6 is 11.6 Å². The van der Waals surface area contributed by atoms with Crippen LogP contribution < -0.4 is 21.3 Å². The van der Waals surface area contributed by atoms with E-state index >= 15 is 0 Å². The zero-order chi connectivity index (χ0) is 25.2. The molecular weight excluding hydrogens is 482 g/mol. The number of halogens is 1. The molecule has 2 aromatic rings. The van der Waals surface area contributed by atoms with Crippen LogP contribution in [0.25, 0.3) is 0 Å². The van der Waals surface area contributed by atoms with Gasteiger partial charge in [-0.25, -0.2) is 4.98 Å². The Labute approximate surface area is 225 Å². The molecule has 1 saturated heterocycles. The summed E-state index contributed by atoms with van der Waals surface area (Å²) in [5.74, 6) is 4.39. The van der Waals surface area contributed by atoms with Crippen molar-refractivity contribution in [3.05, 3.63) is 46.6 Å². The van der Waals surface area contributed by atoms with Gasteiger partial charge in [0.25, 0.3) is 0 Å². The summed E-state index contributed by atoms with van der Waals surface area (Å²) in [6.07, 6.45) is 10.9. The molecule has 1 aromatic heterocycles. The lowest BCUT2D eigenvalue weighted by atomic mass is 9.48. The third-order valence-corrected chi connectivity index (χ3v) is 9.80. The molecule has 1 aromatic carbocycles. The van der Waals surface area contributed by atoms with Crippen LogP contribution in [0.2, 0.25) is 5.02 Å². The summed E-state index contributed by atoms with van der Waals surface area (Å²) >= 11 is 6.30. The topological polar surface area (TPSA) is 97.7 Å². The number of benzene rings is 1. The Morgan fingerprint density at radius 3 is 2.62 bits per heavy atom. The fourth-order valence-corrected chi connectivity index (χ4v) is 8.10. The molecule has 1 aliphatic heterocycles. The highest BCUT2D eigenvalue weighted by atomic mass is 35.5. The van der Waals surface area contributed by atoms with Gasteiger partial charge in [0.1, 0.15) is 17.5 Å². The standard InChI is InChI=1S/C29H38ClN7/c30-25-4-2-1-3-21(25)16-34-28-35-17-24(14-31)27(37-28)36-18-29-11-20-9-22(12-29)26(23(10-20)13-29)33-15-19-5-7-32-8-6-19/h1-4,17,19-20,22-23,26,32-33H,5-13,15-16,18H2,(H2,34,35,36,37)/t20?,22-,23+,26+,29?. The molecule has 5 aliphatic rings. The van der Waals surface area contributed by atoms with E-state index in [-0.39, 0.29) is 0 Å². The Bertz CT molecular complexity index is 1130.